The lowest BCUT2D eigenvalue weighted by atomic mass is 10.1. The lowest BCUT2D eigenvalue weighted by Gasteiger charge is -2.29. The van der Waals surface area contributed by atoms with Gasteiger partial charge in [-0.25, -0.2) is 0 Å². The Labute approximate surface area is 127 Å². The molecule has 112 valence electrons. The van der Waals surface area contributed by atoms with Crippen LogP contribution in [0.5, 0.6) is 17.2 Å². The van der Waals surface area contributed by atoms with E-state index in [1.54, 1.807) is 23.4 Å². The van der Waals surface area contributed by atoms with Gasteiger partial charge in [-0.1, -0.05) is 6.07 Å². The van der Waals surface area contributed by atoms with Crippen molar-refractivity contribution in [3.63, 3.8) is 0 Å². The van der Waals surface area contributed by atoms with Gasteiger partial charge < -0.3 is 19.1 Å². The molecule has 2 aliphatic heterocycles. The molecule has 0 fully saturated rings. The number of rotatable bonds is 2. The zero-order valence-corrected chi connectivity index (χ0v) is 11.8. The number of hydrogen-bond donors (Lipinski definition) is 0. The second-order valence-corrected chi connectivity index (χ2v) is 5.10. The van der Waals surface area contributed by atoms with Gasteiger partial charge in [-0.05, 0) is 17.7 Å². The molecule has 0 atom stereocenters. The maximum Gasteiger partial charge on any atom is 0.231 e. The van der Waals surface area contributed by atoms with Crippen LogP contribution in [0.2, 0.25) is 0 Å². The smallest absolute Gasteiger partial charge is 0.231 e. The fraction of sp³-hybridized carbons (Fsp3) is 0.250. The first kappa shape index (κ1) is 12.9. The molecule has 1 aromatic carbocycles. The first-order valence-electron chi connectivity index (χ1n) is 7.07. The summed E-state index contributed by atoms with van der Waals surface area (Å²) in [5, 5.41) is 0. The largest absolute Gasteiger partial charge is 0.489 e. The topological polar surface area (TPSA) is 60.9 Å². The summed E-state index contributed by atoms with van der Waals surface area (Å²) in [5.74, 6) is 2.11. The summed E-state index contributed by atoms with van der Waals surface area (Å²) in [4.78, 5) is 18.4. The van der Waals surface area contributed by atoms with E-state index in [-0.39, 0.29) is 12.7 Å². The van der Waals surface area contributed by atoms with E-state index in [4.69, 9.17) is 14.2 Å². The number of benzene rings is 1. The van der Waals surface area contributed by atoms with Crippen LogP contribution < -0.4 is 19.1 Å². The van der Waals surface area contributed by atoms with Crippen LogP contribution in [0, 0.1) is 0 Å². The molecule has 0 aliphatic carbocycles. The number of nitrogens with zero attached hydrogens (tertiary/aromatic N) is 2. The predicted molar refractivity (Wildman–Crippen MR) is 78.4 cm³/mol. The number of anilines is 1. The molecule has 0 saturated carbocycles. The van der Waals surface area contributed by atoms with E-state index < -0.39 is 0 Å². The van der Waals surface area contributed by atoms with E-state index in [0.717, 1.165) is 17.0 Å². The summed E-state index contributed by atoms with van der Waals surface area (Å²) in [5.41, 5.74) is 1.62. The second kappa shape index (κ2) is 5.22. The molecule has 6 nitrogen and oxygen atoms in total. The molecule has 1 amide bonds. The SMILES string of the molecule is O=C(Cc1ccc2c(c1)OCO2)N1CCOc2ccncc21. The van der Waals surface area contributed by atoms with Gasteiger partial charge in [0, 0.05) is 12.3 Å². The second-order valence-electron chi connectivity index (χ2n) is 5.10. The number of ether oxygens (including phenoxy) is 3. The third-order valence-electron chi connectivity index (χ3n) is 3.72. The molecule has 2 aliphatic rings. The van der Waals surface area contributed by atoms with Gasteiger partial charge in [-0.3, -0.25) is 9.78 Å². The van der Waals surface area contributed by atoms with Gasteiger partial charge in [-0.2, -0.15) is 0 Å². The van der Waals surface area contributed by atoms with Crippen molar-refractivity contribution in [3.8, 4) is 17.2 Å². The fourth-order valence-electron chi connectivity index (χ4n) is 2.65. The lowest BCUT2D eigenvalue weighted by molar-refractivity contribution is -0.118. The summed E-state index contributed by atoms with van der Waals surface area (Å²) in [7, 11) is 0. The van der Waals surface area contributed by atoms with Gasteiger partial charge in [0.2, 0.25) is 12.7 Å². The van der Waals surface area contributed by atoms with Crippen LogP contribution in [0.3, 0.4) is 0 Å². The van der Waals surface area contributed by atoms with Gasteiger partial charge in [-0.15, -0.1) is 0 Å². The number of amides is 1. The van der Waals surface area contributed by atoms with Crippen molar-refractivity contribution in [2.75, 3.05) is 24.8 Å². The molecule has 22 heavy (non-hydrogen) atoms. The Kier molecular flexibility index (Phi) is 3.07. The minimum Gasteiger partial charge on any atom is -0.489 e. The fourth-order valence-corrected chi connectivity index (χ4v) is 2.65. The quantitative estimate of drug-likeness (QED) is 0.845. The third kappa shape index (κ3) is 2.22. The van der Waals surface area contributed by atoms with Gasteiger partial charge in [0.05, 0.1) is 19.2 Å². The van der Waals surface area contributed by atoms with Crippen LogP contribution in [0.25, 0.3) is 0 Å². The Morgan fingerprint density at radius 3 is 3.00 bits per heavy atom. The number of hydrogen-bond acceptors (Lipinski definition) is 5. The number of pyridine rings is 1. The average Bonchev–Trinajstić information content (AvgIpc) is 3.02. The highest BCUT2D eigenvalue weighted by atomic mass is 16.7. The van der Waals surface area contributed by atoms with Crippen molar-refractivity contribution < 1.29 is 19.0 Å². The van der Waals surface area contributed by atoms with Gasteiger partial charge in [0.1, 0.15) is 18.0 Å². The van der Waals surface area contributed by atoms with Crippen molar-refractivity contribution in [1.29, 1.82) is 0 Å². The Morgan fingerprint density at radius 2 is 2.05 bits per heavy atom. The van der Waals surface area contributed by atoms with Crippen molar-refractivity contribution in [1.82, 2.24) is 4.98 Å². The molecule has 0 unspecified atom stereocenters. The van der Waals surface area contributed by atoms with Crippen molar-refractivity contribution in [2.45, 2.75) is 6.42 Å². The molecule has 6 heteroatoms. The van der Waals surface area contributed by atoms with E-state index in [9.17, 15) is 4.79 Å². The molecule has 0 spiro atoms. The van der Waals surface area contributed by atoms with E-state index in [1.807, 2.05) is 18.2 Å². The van der Waals surface area contributed by atoms with Crippen LogP contribution in [0.15, 0.2) is 36.7 Å². The van der Waals surface area contributed by atoms with Crippen LogP contribution in [-0.4, -0.2) is 30.8 Å². The van der Waals surface area contributed by atoms with Gasteiger partial charge in [0.25, 0.3) is 0 Å². The van der Waals surface area contributed by atoms with Crippen LogP contribution in [0.1, 0.15) is 5.56 Å². The van der Waals surface area contributed by atoms with Crippen molar-refractivity contribution in [3.05, 3.63) is 42.2 Å². The molecule has 0 N–H and O–H groups in total. The average molecular weight is 298 g/mol. The Bertz CT molecular complexity index is 732. The zero-order valence-electron chi connectivity index (χ0n) is 11.8. The molecular weight excluding hydrogens is 284 g/mol. The number of aromatic nitrogens is 1. The Balaban J connectivity index is 1.56. The predicted octanol–water partition coefficient (Wildman–Crippen LogP) is 1.78. The summed E-state index contributed by atoms with van der Waals surface area (Å²) in [6.45, 7) is 1.25. The molecule has 1 aromatic heterocycles. The lowest BCUT2D eigenvalue weighted by Crippen LogP contribution is -2.38. The standard InChI is InChI=1S/C16H14N2O4/c19-16(8-11-1-2-14-15(7-11)22-10-21-14)18-5-6-20-13-3-4-17-9-12(13)18/h1-4,7,9H,5-6,8,10H2. The van der Waals surface area contributed by atoms with Crippen molar-refractivity contribution >= 4 is 11.6 Å². The molecule has 3 heterocycles. The number of carbonyl (C=O) groups excluding carboxylic acids is 1. The minimum atomic E-state index is 0.0106. The first-order valence-corrected chi connectivity index (χ1v) is 7.07. The van der Waals surface area contributed by atoms with E-state index >= 15 is 0 Å². The van der Waals surface area contributed by atoms with Crippen LogP contribution in [-0.2, 0) is 11.2 Å². The minimum absolute atomic E-state index is 0.0106. The maximum atomic E-state index is 12.6. The van der Waals surface area contributed by atoms with Crippen LogP contribution in [0.4, 0.5) is 5.69 Å². The highest BCUT2D eigenvalue weighted by molar-refractivity contribution is 5.96. The highest BCUT2D eigenvalue weighted by Crippen LogP contribution is 2.34. The molecule has 2 aromatic rings. The number of fused-ring (bicyclic) bond motifs is 2. The summed E-state index contributed by atoms with van der Waals surface area (Å²) < 4.78 is 16.2. The van der Waals surface area contributed by atoms with Gasteiger partial charge >= 0.3 is 0 Å². The molecule has 4 rings (SSSR count). The normalized spacial score (nSPS) is 15.2. The van der Waals surface area contributed by atoms with E-state index in [1.165, 1.54) is 0 Å². The molecule has 0 saturated heterocycles. The van der Waals surface area contributed by atoms with E-state index in [0.29, 0.717) is 31.1 Å². The molecular formula is C16H14N2O4. The number of carbonyl (C=O) groups is 1. The summed E-state index contributed by atoms with van der Waals surface area (Å²) in [6.07, 6.45) is 3.61. The Hall–Kier alpha value is -2.76. The van der Waals surface area contributed by atoms with E-state index in [2.05, 4.69) is 4.98 Å². The Morgan fingerprint density at radius 1 is 1.14 bits per heavy atom. The zero-order chi connectivity index (χ0) is 14.9. The van der Waals surface area contributed by atoms with Crippen molar-refractivity contribution in [2.24, 2.45) is 0 Å². The van der Waals surface area contributed by atoms with Crippen LogP contribution >= 0.6 is 0 Å². The molecule has 0 bridgehead atoms. The monoisotopic (exact) mass is 298 g/mol. The van der Waals surface area contributed by atoms with Gasteiger partial charge in [0.15, 0.2) is 11.5 Å². The first-order chi connectivity index (χ1) is 10.8. The highest BCUT2D eigenvalue weighted by Gasteiger charge is 2.24. The third-order valence-corrected chi connectivity index (χ3v) is 3.72. The molecule has 0 radical (unpaired) electrons. The summed E-state index contributed by atoms with van der Waals surface area (Å²) >= 11 is 0. The summed E-state index contributed by atoms with van der Waals surface area (Å²) in [6, 6.07) is 7.34. The maximum absolute atomic E-state index is 12.6.